The number of hydrogen-bond donors (Lipinski definition) is 2. The fourth-order valence-corrected chi connectivity index (χ4v) is 2.33. The molecule has 7 nitrogen and oxygen atoms in total. The third-order valence-electron chi connectivity index (χ3n) is 3.67. The number of urea groups is 1. The van der Waals surface area contributed by atoms with E-state index in [9.17, 15) is 27.6 Å². The van der Waals surface area contributed by atoms with Gasteiger partial charge in [-0.15, -0.1) is 0 Å². The van der Waals surface area contributed by atoms with Crippen molar-refractivity contribution in [3.05, 3.63) is 35.4 Å². The molecule has 0 bridgehead atoms. The third kappa shape index (κ3) is 4.38. The number of hydrogen-bond acceptors (Lipinski definition) is 4. The van der Waals surface area contributed by atoms with Crippen LogP contribution in [0.1, 0.15) is 31.4 Å². The predicted octanol–water partition coefficient (Wildman–Crippen LogP) is 1.88. The maximum atomic E-state index is 12.8. The lowest BCUT2D eigenvalue weighted by Crippen LogP contribution is -2.40. The van der Waals surface area contributed by atoms with Crippen molar-refractivity contribution in [2.45, 2.75) is 32.0 Å². The first-order valence-corrected chi connectivity index (χ1v) is 7.64. The summed E-state index contributed by atoms with van der Waals surface area (Å²) in [5, 5.41) is 5.97. The number of benzene rings is 1. The minimum Gasteiger partial charge on any atom is -0.324 e. The molecule has 1 saturated heterocycles. The normalized spacial score (nSPS) is 16.9. The van der Waals surface area contributed by atoms with Gasteiger partial charge in [0.25, 0.3) is 5.91 Å². The maximum absolute atomic E-state index is 12.8. The van der Waals surface area contributed by atoms with Gasteiger partial charge in [0.1, 0.15) is 5.54 Å². The summed E-state index contributed by atoms with van der Waals surface area (Å²) in [6.45, 7) is 2.92. The second-order valence-corrected chi connectivity index (χ2v) is 6.14. The minimum absolute atomic E-state index is 0.158. The van der Waals surface area contributed by atoms with E-state index in [0.29, 0.717) is 0 Å². The average Bonchev–Trinajstić information content (AvgIpc) is 2.73. The van der Waals surface area contributed by atoms with Crippen molar-refractivity contribution in [2.24, 2.45) is 5.10 Å². The van der Waals surface area contributed by atoms with Gasteiger partial charge in [-0.2, -0.15) is 18.3 Å². The molecule has 2 rings (SSSR count). The molecule has 140 valence electrons. The van der Waals surface area contributed by atoms with Gasteiger partial charge in [0.15, 0.2) is 0 Å². The lowest BCUT2D eigenvalue weighted by atomic mass is 10.1. The number of amides is 4. The van der Waals surface area contributed by atoms with Crippen LogP contribution in [0.2, 0.25) is 0 Å². The first kappa shape index (κ1) is 19.4. The SMILES string of the molecule is CC1(C)NC(=O)N(CCC(=O)N/N=C\c2ccccc2C(F)(F)F)C1=O. The molecule has 0 aliphatic carbocycles. The summed E-state index contributed by atoms with van der Waals surface area (Å²) in [7, 11) is 0. The van der Waals surface area contributed by atoms with Gasteiger partial charge in [-0.05, 0) is 19.9 Å². The number of halogens is 3. The molecule has 4 amide bonds. The van der Waals surface area contributed by atoms with E-state index < -0.39 is 35.1 Å². The van der Waals surface area contributed by atoms with E-state index in [2.05, 4.69) is 15.8 Å². The van der Waals surface area contributed by atoms with Crippen molar-refractivity contribution in [1.29, 1.82) is 0 Å². The standard InChI is InChI=1S/C16H17F3N4O3/c1-15(2)13(25)23(14(26)21-15)8-7-12(24)22-20-9-10-5-3-4-6-11(10)16(17,18)19/h3-6,9H,7-8H2,1-2H3,(H,21,26)(H,22,24)/b20-9-. The Bertz CT molecular complexity index is 759. The highest BCUT2D eigenvalue weighted by Gasteiger charge is 2.44. The van der Waals surface area contributed by atoms with Crippen LogP contribution in [0.3, 0.4) is 0 Å². The van der Waals surface area contributed by atoms with E-state index >= 15 is 0 Å². The molecule has 2 N–H and O–H groups in total. The summed E-state index contributed by atoms with van der Waals surface area (Å²) >= 11 is 0. The monoisotopic (exact) mass is 370 g/mol. The van der Waals surface area contributed by atoms with Crippen molar-refractivity contribution < 1.29 is 27.6 Å². The molecule has 1 aliphatic heterocycles. The van der Waals surface area contributed by atoms with Crippen molar-refractivity contribution in [1.82, 2.24) is 15.6 Å². The van der Waals surface area contributed by atoms with Crippen LogP contribution in [0, 0.1) is 0 Å². The molecule has 1 fully saturated rings. The number of carbonyl (C=O) groups is 3. The Hall–Kier alpha value is -2.91. The Morgan fingerprint density at radius 2 is 1.96 bits per heavy atom. The molecular formula is C16H17F3N4O3. The van der Waals surface area contributed by atoms with Crippen LogP contribution in [0.5, 0.6) is 0 Å². The van der Waals surface area contributed by atoms with E-state index in [1.807, 2.05) is 0 Å². The van der Waals surface area contributed by atoms with Gasteiger partial charge in [0.2, 0.25) is 5.91 Å². The van der Waals surface area contributed by atoms with Crippen molar-refractivity contribution in [2.75, 3.05) is 6.54 Å². The highest BCUT2D eigenvalue weighted by Crippen LogP contribution is 2.31. The zero-order valence-electron chi connectivity index (χ0n) is 14.1. The molecule has 1 heterocycles. The second kappa shape index (κ2) is 7.14. The number of nitrogens with one attached hydrogen (secondary N) is 2. The third-order valence-corrected chi connectivity index (χ3v) is 3.67. The van der Waals surface area contributed by atoms with E-state index in [0.717, 1.165) is 17.2 Å². The number of imide groups is 1. The topological polar surface area (TPSA) is 90.9 Å². The molecule has 1 aliphatic rings. The number of hydrazone groups is 1. The Morgan fingerprint density at radius 3 is 2.54 bits per heavy atom. The second-order valence-electron chi connectivity index (χ2n) is 6.14. The van der Waals surface area contributed by atoms with Crippen molar-refractivity contribution >= 4 is 24.1 Å². The Labute approximate surface area is 147 Å². The van der Waals surface area contributed by atoms with Crippen LogP contribution in [-0.2, 0) is 15.8 Å². The highest BCUT2D eigenvalue weighted by molar-refractivity contribution is 6.06. The van der Waals surface area contributed by atoms with E-state index in [-0.39, 0.29) is 18.5 Å². The number of rotatable bonds is 5. The van der Waals surface area contributed by atoms with E-state index in [1.165, 1.54) is 32.0 Å². The highest BCUT2D eigenvalue weighted by atomic mass is 19.4. The minimum atomic E-state index is -4.54. The molecule has 1 aromatic carbocycles. The van der Waals surface area contributed by atoms with Crippen LogP contribution in [0.25, 0.3) is 0 Å². The first-order valence-electron chi connectivity index (χ1n) is 7.64. The fraction of sp³-hybridized carbons (Fsp3) is 0.375. The summed E-state index contributed by atoms with van der Waals surface area (Å²) in [5.74, 6) is -1.10. The Kier molecular flexibility index (Phi) is 5.33. The molecule has 0 saturated carbocycles. The summed E-state index contributed by atoms with van der Waals surface area (Å²) < 4.78 is 38.5. The van der Waals surface area contributed by atoms with Crippen LogP contribution < -0.4 is 10.7 Å². The summed E-state index contributed by atoms with van der Waals surface area (Å²) in [6, 6.07) is 4.18. The Morgan fingerprint density at radius 1 is 1.31 bits per heavy atom. The molecule has 0 unspecified atom stereocenters. The van der Waals surface area contributed by atoms with E-state index in [1.54, 1.807) is 0 Å². The molecule has 10 heteroatoms. The molecule has 26 heavy (non-hydrogen) atoms. The number of alkyl halides is 3. The van der Waals surface area contributed by atoms with Gasteiger partial charge in [0.05, 0.1) is 11.8 Å². The molecule has 0 radical (unpaired) electrons. The van der Waals surface area contributed by atoms with Crippen molar-refractivity contribution in [3.8, 4) is 0 Å². The van der Waals surface area contributed by atoms with Crippen LogP contribution >= 0.6 is 0 Å². The van der Waals surface area contributed by atoms with Crippen LogP contribution in [0.4, 0.5) is 18.0 Å². The zero-order valence-corrected chi connectivity index (χ0v) is 14.1. The molecular weight excluding hydrogens is 353 g/mol. The van der Waals surface area contributed by atoms with Gasteiger partial charge in [-0.1, -0.05) is 18.2 Å². The first-order chi connectivity index (χ1) is 12.0. The van der Waals surface area contributed by atoms with Gasteiger partial charge < -0.3 is 5.32 Å². The Balaban J connectivity index is 1.91. The van der Waals surface area contributed by atoms with Gasteiger partial charge in [-0.25, -0.2) is 10.2 Å². The number of nitrogens with zero attached hydrogens (tertiary/aromatic N) is 2. The zero-order chi connectivity index (χ0) is 19.5. The molecule has 0 spiro atoms. The molecule has 1 aromatic rings. The van der Waals surface area contributed by atoms with Crippen LogP contribution in [-0.4, -0.2) is 41.0 Å². The van der Waals surface area contributed by atoms with E-state index in [4.69, 9.17) is 0 Å². The maximum Gasteiger partial charge on any atom is 0.417 e. The lowest BCUT2D eigenvalue weighted by Gasteiger charge is -2.15. The predicted molar refractivity (Wildman–Crippen MR) is 86.1 cm³/mol. The smallest absolute Gasteiger partial charge is 0.324 e. The fourth-order valence-electron chi connectivity index (χ4n) is 2.33. The van der Waals surface area contributed by atoms with Gasteiger partial charge >= 0.3 is 12.2 Å². The summed E-state index contributed by atoms with van der Waals surface area (Å²) in [5.41, 5.74) is -0.0305. The van der Waals surface area contributed by atoms with Crippen LogP contribution in [0.15, 0.2) is 29.4 Å². The largest absolute Gasteiger partial charge is 0.417 e. The van der Waals surface area contributed by atoms with Gasteiger partial charge in [-0.3, -0.25) is 14.5 Å². The van der Waals surface area contributed by atoms with Crippen molar-refractivity contribution in [3.63, 3.8) is 0 Å². The van der Waals surface area contributed by atoms with Gasteiger partial charge in [0, 0.05) is 18.5 Å². The lowest BCUT2D eigenvalue weighted by molar-refractivity contribution is -0.137. The summed E-state index contributed by atoms with van der Waals surface area (Å²) in [4.78, 5) is 36.3. The molecule has 0 aromatic heterocycles. The summed E-state index contributed by atoms with van der Waals surface area (Å²) in [6.07, 6.45) is -3.88. The number of carbonyl (C=O) groups excluding carboxylic acids is 3. The average molecular weight is 370 g/mol. The molecule has 0 atom stereocenters. The quantitative estimate of drug-likeness (QED) is 0.471.